The minimum Gasteiger partial charge on any atom is -0.304 e. The molecule has 162 valence electrons. The number of hydrogen-bond donors (Lipinski definition) is 0. The summed E-state index contributed by atoms with van der Waals surface area (Å²) in [6.45, 7) is 5.31. The van der Waals surface area contributed by atoms with Crippen molar-refractivity contribution >= 4 is 34.2 Å². The van der Waals surface area contributed by atoms with Gasteiger partial charge in [-0.3, -0.25) is 4.68 Å². The maximum atomic E-state index is 15.0. The molecule has 1 aliphatic heterocycles. The van der Waals surface area contributed by atoms with E-state index in [1.807, 2.05) is 6.07 Å². The highest BCUT2D eigenvalue weighted by Gasteiger charge is 2.21. The molecule has 0 aliphatic carbocycles. The van der Waals surface area contributed by atoms with E-state index in [0.29, 0.717) is 33.6 Å². The maximum Gasteiger partial charge on any atom is 0.160 e. The van der Waals surface area contributed by atoms with E-state index in [2.05, 4.69) is 26.9 Å². The Labute approximate surface area is 185 Å². The van der Waals surface area contributed by atoms with Gasteiger partial charge in [-0.15, -0.1) is 12.4 Å². The fraction of sp³-hybridized carbons (Fsp3) is 0.348. The van der Waals surface area contributed by atoms with Crippen LogP contribution in [0.25, 0.3) is 33.2 Å². The van der Waals surface area contributed by atoms with E-state index in [1.165, 1.54) is 6.07 Å². The van der Waals surface area contributed by atoms with Gasteiger partial charge in [0.05, 0.1) is 0 Å². The van der Waals surface area contributed by atoms with E-state index in [0.717, 1.165) is 38.0 Å². The second-order valence-electron chi connectivity index (χ2n) is 8.04. The number of benzene rings is 2. The number of aryl methyl sites for hydroxylation is 1. The molecular weight excluding hydrogens is 420 g/mol. The van der Waals surface area contributed by atoms with Gasteiger partial charge in [-0.1, -0.05) is 6.92 Å². The Balaban J connectivity index is 0.00000231. The summed E-state index contributed by atoms with van der Waals surface area (Å²) in [6, 6.07) is 6.74. The van der Waals surface area contributed by atoms with E-state index in [9.17, 15) is 8.78 Å². The first-order valence-corrected chi connectivity index (χ1v) is 10.3. The van der Waals surface area contributed by atoms with Gasteiger partial charge in [0.25, 0.3) is 0 Å². The minimum atomic E-state index is -0.443. The number of aromatic nitrogens is 4. The van der Waals surface area contributed by atoms with Crippen molar-refractivity contribution in [3.05, 3.63) is 53.9 Å². The molecule has 5 rings (SSSR count). The van der Waals surface area contributed by atoms with Crippen molar-refractivity contribution in [3.8, 4) is 11.4 Å². The van der Waals surface area contributed by atoms with Crippen molar-refractivity contribution in [1.29, 1.82) is 0 Å². The molecule has 0 atom stereocenters. The third-order valence-corrected chi connectivity index (χ3v) is 6.10. The van der Waals surface area contributed by atoms with E-state index in [4.69, 9.17) is 0 Å². The Morgan fingerprint density at radius 3 is 2.48 bits per heavy atom. The average Bonchev–Trinajstić information content (AvgIpc) is 3.14. The van der Waals surface area contributed by atoms with E-state index < -0.39 is 5.82 Å². The van der Waals surface area contributed by atoms with E-state index in [-0.39, 0.29) is 23.7 Å². The number of halogens is 3. The lowest BCUT2D eigenvalue weighted by molar-refractivity contribution is 0.222. The zero-order chi connectivity index (χ0) is 20.8. The van der Waals surface area contributed by atoms with Crippen LogP contribution in [0.4, 0.5) is 8.78 Å². The van der Waals surface area contributed by atoms with Crippen LogP contribution in [0, 0.1) is 11.6 Å². The summed E-state index contributed by atoms with van der Waals surface area (Å²) in [5.74, 6) is -0.142. The molecule has 31 heavy (non-hydrogen) atoms. The van der Waals surface area contributed by atoms with Crippen molar-refractivity contribution in [2.75, 3.05) is 19.6 Å². The average molecular weight is 444 g/mol. The van der Waals surface area contributed by atoms with Gasteiger partial charge < -0.3 is 4.90 Å². The van der Waals surface area contributed by atoms with Crippen LogP contribution in [0.5, 0.6) is 0 Å². The summed E-state index contributed by atoms with van der Waals surface area (Å²) < 4.78 is 31.0. The lowest BCUT2D eigenvalue weighted by atomic mass is 9.88. The third kappa shape index (κ3) is 4.00. The van der Waals surface area contributed by atoms with E-state index >= 15 is 0 Å². The Morgan fingerprint density at radius 1 is 1.00 bits per heavy atom. The first-order valence-electron chi connectivity index (χ1n) is 10.3. The summed E-state index contributed by atoms with van der Waals surface area (Å²) in [5.41, 5.74) is 2.08. The number of likely N-dealkylation sites (tertiary alicyclic amines) is 1. The second kappa shape index (κ2) is 8.48. The van der Waals surface area contributed by atoms with Crippen LogP contribution in [0.1, 0.15) is 31.2 Å². The quantitative estimate of drug-likeness (QED) is 0.443. The van der Waals surface area contributed by atoms with Crippen molar-refractivity contribution in [1.82, 2.24) is 24.6 Å². The Kier molecular flexibility index (Phi) is 5.90. The molecule has 1 fully saturated rings. The van der Waals surface area contributed by atoms with Crippen LogP contribution in [0.2, 0.25) is 0 Å². The molecule has 0 radical (unpaired) electrons. The Bertz CT molecular complexity index is 1250. The molecule has 5 nitrogen and oxygen atoms in total. The fourth-order valence-corrected chi connectivity index (χ4v) is 4.42. The minimum absolute atomic E-state index is 0. The summed E-state index contributed by atoms with van der Waals surface area (Å²) in [6.07, 6.45) is 5.43. The van der Waals surface area contributed by atoms with Crippen molar-refractivity contribution in [3.63, 3.8) is 0 Å². The fourth-order valence-electron chi connectivity index (χ4n) is 4.42. The SMILES string of the molecule is CCN1CCC(c2cc(F)c3nc(-c4cc(F)c5nn(C)cc5c4)ncc3c2)CC1.Cl. The lowest BCUT2D eigenvalue weighted by Gasteiger charge is -2.31. The summed E-state index contributed by atoms with van der Waals surface area (Å²) in [7, 11) is 1.74. The highest BCUT2D eigenvalue weighted by Crippen LogP contribution is 2.32. The number of nitrogens with zero attached hydrogens (tertiary/aromatic N) is 5. The molecular formula is C23H24ClF2N5. The zero-order valence-corrected chi connectivity index (χ0v) is 18.3. The van der Waals surface area contributed by atoms with Crippen molar-refractivity contribution in [2.45, 2.75) is 25.7 Å². The van der Waals surface area contributed by atoms with Gasteiger partial charge in [0.2, 0.25) is 0 Å². The molecule has 1 saturated heterocycles. The molecule has 4 aromatic rings. The van der Waals surface area contributed by atoms with Crippen LogP contribution >= 0.6 is 12.4 Å². The first-order chi connectivity index (χ1) is 14.5. The molecule has 8 heteroatoms. The van der Waals surface area contributed by atoms with Crippen LogP contribution in [-0.2, 0) is 7.05 Å². The number of rotatable bonds is 3. The molecule has 0 amide bonds. The van der Waals surface area contributed by atoms with Crippen molar-refractivity contribution in [2.24, 2.45) is 7.05 Å². The van der Waals surface area contributed by atoms with Crippen molar-refractivity contribution < 1.29 is 8.78 Å². The standard InChI is InChI=1S/C23H23F2N5.ClH/c1-3-30-6-4-14(5-7-30)15-8-17-12-26-23(27-21(17)19(24)10-15)16-9-18-13-29(2)28-22(18)20(25)11-16;/h8-14H,3-7H2,1-2H3;1H. The summed E-state index contributed by atoms with van der Waals surface area (Å²) in [4.78, 5) is 11.2. The van der Waals surface area contributed by atoms with Gasteiger partial charge in [0.15, 0.2) is 11.6 Å². The van der Waals surface area contributed by atoms with Gasteiger partial charge in [-0.05, 0) is 68.2 Å². The summed E-state index contributed by atoms with van der Waals surface area (Å²) in [5, 5.41) is 5.45. The predicted molar refractivity (Wildman–Crippen MR) is 120 cm³/mol. The molecule has 2 aromatic heterocycles. The molecule has 0 spiro atoms. The maximum absolute atomic E-state index is 15.0. The van der Waals surface area contributed by atoms with Crippen LogP contribution < -0.4 is 0 Å². The predicted octanol–water partition coefficient (Wildman–Crippen LogP) is 5.08. The van der Waals surface area contributed by atoms with Crippen LogP contribution in [0.3, 0.4) is 0 Å². The first kappa shape index (κ1) is 21.6. The number of fused-ring (bicyclic) bond motifs is 2. The third-order valence-electron chi connectivity index (χ3n) is 6.10. The summed E-state index contributed by atoms with van der Waals surface area (Å²) >= 11 is 0. The molecule has 0 N–H and O–H groups in total. The van der Waals surface area contributed by atoms with Gasteiger partial charge in [-0.2, -0.15) is 5.10 Å². The molecule has 0 unspecified atom stereocenters. The monoisotopic (exact) mass is 443 g/mol. The van der Waals surface area contributed by atoms with Crippen LogP contribution in [0.15, 0.2) is 36.7 Å². The topological polar surface area (TPSA) is 46.8 Å². The zero-order valence-electron chi connectivity index (χ0n) is 17.5. The largest absolute Gasteiger partial charge is 0.304 e. The highest BCUT2D eigenvalue weighted by atomic mass is 35.5. The molecule has 3 heterocycles. The molecule has 0 saturated carbocycles. The van der Waals surface area contributed by atoms with Crippen LogP contribution in [-0.4, -0.2) is 44.3 Å². The molecule has 1 aliphatic rings. The normalized spacial score (nSPS) is 15.5. The van der Waals surface area contributed by atoms with E-state index in [1.54, 1.807) is 36.3 Å². The molecule has 0 bridgehead atoms. The van der Waals surface area contributed by atoms with Gasteiger partial charge >= 0.3 is 0 Å². The smallest absolute Gasteiger partial charge is 0.160 e. The van der Waals surface area contributed by atoms with Gasteiger partial charge in [0, 0.05) is 35.8 Å². The Morgan fingerprint density at radius 2 is 1.74 bits per heavy atom. The molecule has 2 aromatic carbocycles. The lowest BCUT2D eigenvalue weighted by Crippen LogP contribution is -2.32. The van der Waals surface area contributed by atoms with Gasteiger partial charge in [0.1, 0.15) is 16.9 Å². The highest BCUT2D eigenvalue weighted by molar-refractivity contribution is 5.86. The number of piperidine rings is 1. The van der Waals surface area contributed by atoms with Gasteiger partial charge in [-0.25, -0.2) is 18.7 Å². The second-order valence-corrected chi connectivity index (χ2v) is 8.04. The number of hydrogen-bond acceptors (Lipinski definition) is 4. The Hall–Kier alpha value is -2.64.